The largest absolute Gasteiger partial charge is 0.497 e. The van der Waals surface area contributed by atoms with Crippen molar-refractivity contribution in [2.45, 2.75) is 27.1 Å². The standard InChI is InChI=1S/C24H21NO7/c1-14-20(15(2)32-25-14)13-29-21-7-5-4-6-19(21)24(27)30-12-16-10-23(26)31-22-11-17(28-3)8-9-18(16)22/h4-11H,12-13H2,1-3H3. The van der Waals surface area contributed by atoms with Crippen LogP contribution in [0.5, 0.6) is 11.5 Å². The second-order valence-corrected chi connectivity index (χ2v) is 7.12. The van der Waals surface area contributed by atoms with E-state index < -0.39 is 11.6 Å². The Balaban J connectivity index is 1.52. The molecule has 0 aliphatic carbocycles. The molecular weight excluding hydrogens is 414 g/mol. The van der Waals surface area contributed by atoms with Crippen LogP contribution < -0.4 is 15.1 Å². The number of ether oxygens (including phenoxy) is 3. The Morgan fingerprint density at radius 2 is 1.88 bits per heavy atom. The Morgan fingerprint density at radius 1 is 1.06 bits per heavy atom. The molecule has 0 fully saturated rings. The van der Waals surface area contributed by atoms with Crippen LogP contribution in [0.15, 0.2) is 62.3 Å². The van der Waals surface area contributed by atoms with E-state index in [-0.39, 0.29) is 18.8 Å². The van der Waals surface area contributed by atoms with Gasteiger partial charge in [-0.1, -0.05) is 17.3 Å². The van der Waals surface area contributed by atoms with Crippen molar-refractivity contribution < 1.29 is 27.9 Å². The number of esters is 1. The fourth-order valence-electron chi connectivity index (χ4n) is 3.30. The lowest BCUT2D eigenvalue weighted by molar-refractivity contribution is 0.0468. The molecule has 32 heavy (non-hydrogen) atoms. The van der Waals surface area contributed by atoms with Crippen LogP contribution in [0, 0.1) is 13.8 Å². The van der Waals surface area contributed by atoms with Gasteiger partial charge in [-0.3, -0.25) is 0 Å². The molecular formula is C24H21NO7. The third-order valence-electron chi connectivity index (χ3n) is 5.06. The molecule has 0 saturated heterocycles. The summed E-state index contributed by atoms with van der Waals surface area (Å²) in [6, 6.07) is 13.2. The predicted octanol–water partition coefficient (Wildman–Crippen LogP) is 4.34. The molecule has 0 spiro atoms. The average Bonchev–Trinajstić information content (AvgIpc) is 3.12. The summed E-state index contributed by atoms with van der Waals surface area (Å²) in [7, 11) is 1.52. The van der Waals surface area contributed by atoms with Gasteiger partial charge >= 0.3 is 11.6 Å². The zero-order valence-electron chi connectivity index (χ0n) is 17.8. The molecule has 2 aromatic carbocycles. The van der Waals surface area contributed by atoms with Gasteiger partial charge in [-0.2, -0.15) is 0 Å². The van der Waals surface area contributed by atoms with Gasteiger partial charge in [0.25, 0.3) is 0 Å². The Bertz CT molecular complexity index is 1320. The number of aryl methyl sites for hydroxylation is 2. The van der Waals surface area contributed by atoms with Gasteiger partial charge in [-0.25, -0.2) is 9.59 Å². The minimum Gasteiger partial charge on any atom is -0.497 e. The van der Waals surface area contributed by atoms with Crippen molar-refractivity contribution in [3.05, 3.63) is 87.1 Å². The van der Waals surface area contributed by atoms with Gasteiger partial charge in [0, 0.05) is 23.1 Å². The van der Waals surface area contributed by atoms with E-state index in [4.69, 9.17) is 23.2 Å². The van der Waals surface area contributed by atoms with Crippen LogP contribution in [-0.2, 0) is 18.0 Å². The smallest absolute Gasteiger partial charge is 0.342 e. The number of hydrogen-bond donors (Lipinski definition) is 0. The first-order chi connectivity index (χ1) is 15.5. The lowest BCUT2D eigenvalue weighted by Crippen LogP contribution is -2.10. The van der Waals surface area contributed by atoms with Gasteiger partial charge in [0.05, 0.1) is 18.4 Å². The molecule has 164 valence electrons. The molecule has 0 bridgehead atoms. The Hall–Kier alpha value is -4.07. The summed E-state index contributed by atoms with van der Waals surface area (Å²) in [6.07, 6.45) is 0. The molecule has 0 saturated carbocycles. The maximum absolute atomic E-state index is 12.8. The van der Waals surface area contributed by atoms with Gasteiger partial charge in [-0.05, 0) is 38.1 Å². The first-order valence-electron chi connectivity index (χ1n) is 9.87. The zero-order valence-corrected chi connectivity index (χ0v) is 17.8. The van der Waals surface area contributed by atoms with Gasteiger partial charge in [0.2, 0.25) is 0 Å². The molecule has 8 nitrogen and oxygen atoms in total. The van der Waals surface area contributed by atoms with Gasteiger partial charge in [0.15, 0.2) is 0 Å². The number of para-hydroxylation sites is 1. The molecule has 4 rings (SSSR count). The molecule has 0 atom stereocenters. The monoisotopic (exact) mass is 435 g/mol. The highest BCUT2D eigenvalue weighted by molar-refractivity contribution is 5.92. The summed E-state index contributed by atoms with van der Waals surface area (Å²) < 4.78 is 26.9. The van der Waals surface area contributed by atoms with Crippen LogP contribution in [0.4, 0.5) is 0 Å². The minimum atomic E-state index is -0.575. The third-order valence-corrected chi connectivity index (χ3v) is 5.06. The number of benzene rings is 2. The lowest BCUT2D eigenvalue weighted by Gasteiger charge is -2.12. The number of rotatable bonds is 7. The molecule has 4 aromatic rings. The minimum absolute atomic E-state index is 0.106. The summed E-state index contributed by atoms with van der Waals surface area (Å²) in [5.41, 5.74) is 2.17. The van der Waals surface area contributed by atoms with Gasteiger partial charge in [0.1, 0.15) is 41.6 Å². The van der Waals surface area contributed by atoms with E-state index in [2.05, 4.69) is 5.16 Å². The second kappa shape index (κ2) is 8.97. The first-order valence-corrected chi connectivity index (χ1v) is 9.87. The SMILES string of the molecule is COc1ccc2c(COC(=O)c3ccccc3OCc3c(C)noc3C)cc(=O)oc2c1. The summed E-state index contributed by atoms with van der Waals surface area (Å²) in [5, 5.41) is 4.56. The van der Waals surface area contributed by atoms with E-state index in [9.17, 15) is 9.59 Å². The molecule has 0 aliphatic heterocycles. The van der Waals surface area contributed by atoms with Crippen molar-refractivity contribution in [3.63, 3.8) is 0 Å². The van der Waals surface area contributed by atoms with Crippen molar-refractivity contribution in [1.29, 1.82) is 0 Å². The van der Waals surface area contributed by atoms with E-state index in [1.807, 2.05) is 6.92 Å². The molecule has 0 N–H and O–H groups in total. The van der Waals surface area contributed by atoms with Gasteiger partial charge in [-0.15, -0.1) is 0 Å². The van der Waals surface area contributed by atoms with Crippen molar-refractivity contribution in [2.24, 2.45) is 0 Å². The van der Waals surface area contributed by atoms with Crippen LogP contribution in [-0.4, -0.2) is 18.2 Å². The van der Waals surface area contributed by atoms with Crippen LogP contribution in [0.25, 0.3) is 11.0 Å². The number of fused-ring (bicyclic) bond motifs is 1. The fraction of sp³-hybridized carbons (Fsp3) is 0.208. The predicted molar refractivity (Wildman–Crippen MR) is 115 cm³/mol. The molecule has 0 radical (unpaired) electrons. The zero-order chi connectivity index (χ0) is 22.7. The Kier molecular flexibility index (Phi) is 5.93. The number of carbonyl (C=O) groups is 1. The molecule has 0 amide bonds. The van der Waals surface area contributed by atoms with E-state index in [1.165, 1.54) is 13.2 Å². The van der Waals surface area contributed by atoms with Crippen molar-refractivity contribution in [2.75, 3.05) is 7.11 Å². The normalized spacial score (nSPS) is 10.8. The van der Waals surface area contributed by atoms with Gasteiger partial charge < -0.3 is 23.2 Å². The number of hydrogen-bond acceptors (Lipinski definition) is 8. The maximum atomic E-state index is 12.8. The number of nitrogens with zero attached hydrogens (tertiary/aromatic N) is 1. The van der Waals surface area contributed by atoms with Crippen LogP contribution >= 0.6 is 0 Å². The van der Waals surface area contributed by atoms with E-state index in [1.54, 1.807) is 49.4 Å². The number of methoxy groups -OCH3 is 1. The van der Waals surface area contributed by atoms with E-state index in [0.29, 0.717) is 33.8 Å². The topological polar surface area (TPSA) is 101 Å². The highest BCUT2D eigenvalue weighted by atomic mass is 16.5. The molecule has 0 aliphatic rings. The van der Waals surface area contributed by atoms with Crippen molar-refractivity contribution >= 4 is 16.9 Å². The number of aromatic nitrogens is 1. The Labute approximate surface area is 183 Å². The van der Waals surface area contributed by atoms with Crippen LogP contribution in [0.2, 0.25) is 0 Å². The summed E-state index contributed by atoms with van der Waals surface area (Å²) in [4.78, 5) is 24.7. The molecule has 0 unspecified atom stereocenters. The first kappa shape index (κ1) is 21.2. The van der Waals surface area contributed by atoms with Crippen LogP contribution in [0.1, 0.15) is 32.9 Å². The Morgan fingerprint density at radius 3 is 2.62 bits per heavy atom. The fourth-order valence-corrected chi connectivity index (χ4v) is 3.30. The highest BCUT2D eigenvalue weighted by Gasteiger charge is 2.17. The summed E-state index contributed by atoms with van der Waals surface area (Å²) in [6.45, 7) is 3.73. The molecule has 8 heteroatoms. The average molecular weight is 435 g/mol. The summed E-state index contributed by atoms with van der Waals surface area (Å²) in [5.74, 6) is 1.02. The number of carbonyl (C=O) groups excluding carboxylic acids is 1. The van der Waals surface area contributed by atoms with Crippen molar-refractivity contribution in [1.82, 2.24) is 5.16 Å². The second-order valence-electron chi connectivity index (χ2n) is 7.12. The maximum Gasteiger partial charge on any atom is 0.342 e. The quantitative estimate of drug-likeness (QED) is 0.312. The molecule has 2 heterocycles. The van der Waals surface area contributed by atoms with E-state index >= 15 is 0 Å². The van der Waals surface area contributed by atoms with E-state index in [0.717, 1.165) is 11.3 Å². The van der Waals surface area contributed by atoms with Crippen molar-refractivity contribution in [3.8, 4) is 11.5 Å². The lowest BCUT2D eigenvalue weighted by atomic mass is 10.1. The highest BCUT2D eigenvalue weighted by Crippen LogP contribution is 2.25. The van der Waals surface area contributed by atoms with Crippen LogP contribution in [0.3, 0.4) is 0 Å². The summed E-state index contributed by atoms with van der Waals surface area (Å²) >= 11 is 0. The third kappa shape index (κ3) is 4.34. The molecule has 2 aromatic heterocycles.